The van der Waals surface area contributed by atoms with Crippen LogP contribution in [0.15, 0.2) is 130 Å². The Balaban J connectivity index is 0.938. The van der Waals surface area contributed by atoms with Gasteiger partial charge in [0.25, 0.3) is 0 Å². The molecular formula is C43H50N4O8. The summed E-state index contributed by atoms with van der Waals surface area (Å²) < 4.78 is 32.5. The van der Waals surface area contributed by atoms with Crippen LogP contribution in [0.1, 0.15) is 57.8 Å². The normalized spacial score (nSPS) is 11.0. The van der Waals surface area contributed by atoms with Crippen LogP contribution >= 0.6 is 0 Å². The van der Waals surface area contributed by atoms with Crippen LogP contribution in [-0.2, 0) is 19.1 Å². The number of azo groups is 2. The standard InChI is InChI=1S/C43H50N4O8/c1-33(43(49)55-31-11-7-5-9-29-53-41-26-18-37(19-27-41)47-45-35-14-22-39(51-3)23-15-35)32-42(48)54-30-10-6-4-8-28-52-40-24-16-36(17-25-40)46-44-34-12-20-38(50-2)21-13-34/h12-27H,1,4-11,28-32H2,2-3H3. The minimum atomic E-state index is -0.570. The van der Waals surface area contributed by atoms with Gasteiger partial charge in [0.15, 0.2) is 0 Å². The molecule has 4 rings (SSSR count). The molecule has 0 amide bonds. The molecule has 55 heavy (non-hydrogen) atoms. The molecular weight excluding hydrogens is 700 g/mol. The highest BCUT2D eigenvalue weighted by molar-refractivity contribution is 5.93. The number of methoxy groups -OCH3 is 2. The molecule has 0 radical (unpaired) electrons. The molecule has 0 heterocycles. The Bertz CT molecular complexity index is 1790. The van der Waals surface area contributed by atoms with E-state index in [1.165, 1.54) is 0 Å². The third kappa shape index (κ3) is 16.7. The molecule has 0 spiro atoms. The Hall–Kier alpha value is -6.04. The van der Waals surface area contributed by atoms with E-state index in [2.05, 4.69) is 27.0 Å². The van der Waals surface area contributed by atoms with Gasteiger partial charge in [-0.25, -0.2) is 4.79 Å². The average molecular weight is 751 g/mol. The van der Waals surface area contributed by atoms with Crippen LogP contribution in [0.25, 0.3) is 0 Å². The summed E-state index contributed by atoms with van der Waals surface area (Å²) in [6.07, 6.45) is 6.65. The topological polar surface area (TPSA) is 139 Å². The van der Waals surface area contributed by atoms with Crippen molar-refractivity contribution in [1.29, 1.82) is 0 Å². The molecule has 0 aromatic heterocycles. The van der Waals surface area contributed by atoms with Gasteiger partial charge in [0.2, 0.25) is 0 Å². The lowest BCUT2D eigenvalue weighted by Gasteiger charge is -2.09. The third-order valence-corrected chi connectivity index (χ3v) is 8.14. The van der Waals surface area contributed by atoms with Gasteiger partial charge >= 0.3 is 11.9 Å². The second-order valence-electron chi connectivity index (χ2n) is 12.4. The summed E-state index contributed by atoms with van der Waals surface area (Å²) in [7, 11) is 3.24. The van der Waals surface area contributed by atoms with Crippen LogP contribution < -0.4 is 18.9 Å². The number of rotatable bonds is 25. The van der Waals surface area contributed by atoms with Crippen LogP contribution in [0.3, 0.4) is 0 Å². The van der Waals surface area contributed by atoms with Crippen molar-refractivity contribution in [2.45, 2.75) is 57.8 Å². The molecule has 4 aromatic carbocycles. The summed E-state index contributed by atoms with van der Waals surface area (Å²) in [4.78, 5) is 24.4. The van der Waals surface area contributed by atoms with E-state index >= 15 is 0 Å². The average Bonchev–Trinajstić information content (AvgIpc) is 3.22. The van der Waals surface area contributed by atoms with Crippen molar-refractivity contribution in [1.82, 2.24) is 0 Å². The molecule has 0 fully saturated rings. The molecule has 0 aliphatic carbocycles. The van der Waals surface area contributed by atoms with Gasteiger partial charge in [-0.15, -0.1) is 0 Å². The molecule has 0 N–H and O–H groups in total. The number of carbonyl (C=O) groups excluding carboxylic acids is 2. The lowest BCUT2D eigenvalue weighted by atomic mass is 10.2. The van der Waals surface area contributed by atoms with Crippen LogP contribution in [0.4, 0.5) is 22.7 Å². The number of hydrogen-bond donors (Lipinski definition) is 0. The van der Waals surface area contributed by atoms with Gasteiger partial charge in [0.1, 0.15) is 23.0 Å². The molecule has 0 unspecified atom stereocenters. The largest absolute Gasteiger partial charge is 0.497 e. The molecule has 4 aromatic rings. The van der Waals surface area contributed by atoms with Crippen LogP contribution in [0.2, 0.25) is 0 Å². The van der Waals surface area contributed by atoms with E-state index in [0.717, 1.165) is 90.7 Å². The maximum atomic E-state index is 12.2. The molecule has 290 valence electrons. The number of esters is 2. The van der Waals surface area contributed by atoms with E-state index in [4.69, 9.17) is 28.4 Å². The Kier molecular flexibility index (Phi) is 18.4. The number of carbonyl (C=O) groups is 2. The number of hydrogen-bond acceptors (Lipinski definition) is 12. The Morgan fingerprint density at radius 2 is 0.782 bits per heavy atom. The van der Waals surface area contributed by atoms with E-state index in [0.29, 0.717) is 26.2 Å². The zero-order chi connectivity index (χ0) is 38.9. The fraction of sp³-hybridized carbons (Fsp3) is 0.349. The van der Waals surface area contributed by atoms with Crippen molar-refractivity contribution in [3.8, 4) is 23.0 Å². The lowest BCUT2D eigenvalue weighted by Crippen LogP contribution is -2.14. The smallest absolute Gasteiger partial charge is 0.333 e. The first kappa shape index (κ1) is 41.7. The Morgan fingerprint density at radius 1 is 0.455 bits per heavy atom. The second-order valence-corrected chi connectivity index (χ2v) is 12.4. The third-order valence-electron chi connectivity index (χ3n) is 8.14. The summed E-state index contributed by atoms with van der Waals surface area (Å²) >= 11 is 0. The molecule has 0 atom stereocenters. The van der Waals surface area contributed by atoms with E-state index < -0.39 is 11.9 Å². The number of benzene rings is 4. The zero-order valence-corrected chi connectivity index (χ0v) is 31.7. The minimum absolute atomic E-state index is 0.0945. The van der Waals surface area contributed by atoms with Crippen molar-refractivity contribution in [2.75, 3.05) is 40.6 Å². The molecule has 0 bridgehead atoms. The van der Waals surface area contributed by atoms with Gasteiger partial charge in [-0.2, -0.15) is 20.5 Å². The number of ether oxygens (including phenoxy) is 6. The zero-order valence-electron chi connectivity index (χ0n) is 31.7. The highest BCUT2D eigenvalue weighted by Gasteiger charge is 2.14. The highest BCUT2D eigenvalue weighted by atomic mass is 16.5. The Labute approximate surface area is 323 Å². The maximum Gasteiger partial charge on any atom is 0.333 e. The van der Waals surface area contributed by atoms with Crippen molar-refractivity contribution >= 4 is 34.7 Å². The second kappa shape index (κ2) is 24.3. The molecule has 12 nitrogen and oxygen atoms in total. The van der Waals surface area contributed by atoms with Crippen LogP contribution in [0, 0.1) is 0 Å². The van der Waals surface area contributed by atoms with Crippen molar-refractivity contribution in [3.05, 3.63) is 109 Å². The minimum Gasteiger partial charge on any atom is -0.497 e. The van der Waals surface area contributed by atoms with Crippen molar-refractivity contribution < 1.29 is 38.0 Å². The summed E-state index contributed by atoms with van der Waals surface area (Å²) in [5.74, 6) is 2.02. The van der Waals surface area contributed by atoms with Crippen LogP contribution in [-0.4, -0.2) is 52.6 Å². The number of nitrogens with zero attached hydrogens (tertiary/aromatic N) is 4. The summed E-state index contributed by atoms with van der Waals surface area (Å²) in [5, 5.41) is 17.0. The lowest BCUT2D eigenvalue weighted by molar-refractivity contribution is -0.146. The summed E-state index contributed by atoms with van der Waals surface area (Å²) in [5.41, 5.74) is 3.04. The molecule has 0 saturated heterocycles. The molecule has 0 aliphatic heterocycles. The van der Waals surface area contributed by atoms with E-state index in [9.17, 15) is 9.59 Å². The fourth-order valence-electron chi connectivity index (χ4n) is 4.99. The van der Waals surface area contributed by atoms with Crippen molar-refractivity contribution in [3.63, 3.8) is 0 Å². The Morgan fingerprint density at radius 3 is 1.15 bits per heavy atom. The quantitative estimate of drug-likeness (QED) is 0.0282. The first-order chi connectivity index (χ1) is 26.9. The predicted molar refractivity (Wildman–Crippen MR) is 211 cm³/mol. The first-order valence-corrected chi connectivity index (χ1v) is 18.5. The van der Waals surface area contributed by atoms with E-state index in [1.54, 1.807) is 14.2 Å². The van der Waals surface area contributed by atoms with Gasteiger partial charge in [-0.1, -0.05) is 6.58 Å². The van der Waals surface area contributed by atoms with E-state index in [-0.39, 0.29) is 18.6 Å². The fourth-order valence-corrected chi connectivity index (χ4v) is 4.99. The van der Waals surface area contributed by atoms with Gasteiger partial charge < -0.3 is 28.4 Å². The van der Waals surface area contributed by atoms with E-state index in [1.807, 2.05) is 97.1 Å². The van der Waals surface area contributed by atoms with Gasteiger partial charge in [-0.05, 0) is 148 Å². The molecule has 0 aliphatic rings. The molecule has 0 saturated carbocycles. The number of unbranched alkanes of at least 4 members (excludes halogenated alkanes) is 6. The highest BCUT2D eigenvalue weighted by Crippen LogP contribution is 2.25. The van der Waals surface area contributed by atoms with Gasteiger partial charge in [-0.3, -0.25) is 4.79 Å². The van der Waals surface area contributed by atoms with Crippen LogP contribution in [0.5, 0.6) is 23.0 Å². The van der Waals surface area contributed by atoms with Gasteiger partial charge in [0, 0.05) is 5.57 Å². The molecule has 12 heteroatoms. The predicted octanol–water partition coefficient (Wildman–Crippen LogP) is 11.1. The van der Waals surface area contributed by atoms with Gasteiger partial charge in [0.05, 0.1) is 69.8 Å². The summed E-state index contributed by atoms with van der Waals surface area (Å²) in [6, 6.07) is 29.6. The van der Waals surface area contributed by atoms with Crippen molar-refractivity contribution in [2.24, 2.45) is 20.5 Å². The summed E-state index contributed by atoms with van der Waals surface area (Å²) in [6.45, 7) is 5.43. The SMILES string of the molecule is C=C(CC(=O)OCCCCCCOc1ccc(N=Nc2ccc(OC)cc2)cc1)C(=O)OCCCCCCOc1ccc(N=Nc2ccc(OC)cc2)cc1. The maximum absolute atomic E-state index is 12.2. The monoisotopic (exact) mass is 750 g/mol. The first-order valence-electron chi connectivity index (χ1n) is 18.5.